The summed E-state index contributed by atoms with van der Waals surface area (Å²) >= 11 is 0. The Hall–Kier alpha value is -3.18. The highest BCUT2D eigenvalue weighted by molar-refractivity contribution is 7.85. The van der Waals surface area contributed by atoms with Crippen LogP contribution in [0, 0.1) is 25.2 Å². The first kappa shape index (κ1) is 26.9. The molecule has 2 heterocycles. The third-order valence-corrected chi connectivity index (χ3v) is 5.12. The van der Waals surface area contributed by atoms with Crippen LogP contribution < -0.4 is 22.6 Å². The number of hydrogen-bond donors (Lipinski definition) is 5. The van der Waals surface area contributed by atoms with Crippen LogP contribution in [0.15, 0.2) is 21.7 Å². The number of nitrogens with two attached hydrogens (primary N) is 2. The van der Waals surface area contributed by atoms with Crippen LogP contribution in [0.5, 0.6) is 11.8 Å². The number of nitrogens with zero attached hydrogens (tertiary/aromatic N) is 3. The molecular weight excluding hydrogens is 442 g/mol. The molecule has 0 amide bonds. The number of aromatic hydroxyl groups is 2. The van der Waals surface area contributed by atoms with Gasteiger partial charge in [-0.15, -0.1) is 0 Å². The Morgan fingerprint density at radius 3 is 1.97 bits per heavy atom. The first-order chi connectivity index (χ1) is 14.9. The van der Waals surface area contributed by atoms with Gasteiger partial charge in [-0.2, -0.15) is 13.7 Å². The third kappa shape index (κ3) is 6.92. The maximum Gasteiger partial charge on any atom is 0.269 e. The summed E-state index contributed by atoms with van der Waals surface area (Å²) in [6, 6.07) is 4.37. The molecule has 0 saturated heterocycles. The van der Waals surface area contributed by atoms with Gasteiger partial charge < -0.3 is 21.7 Å². The molecular formula is C19H27N5O7S. The number of aryl methyl sites for hydroxylation is 2. The van der Waals surface area contributed by atoms with Crippen LogP contribution in [0.3, 0.4) is 0 Å². The van der Waals surface area contributed by atoms with Gasteiger partial charge in [0.2, 0.25) is 5.88 Å². The van der Waals surface area contributed by atoms with E-state index in [9.17, 15) is 28.2 Å². The minimum atomic E-state index is -4.27. The molecule has 0 fully saturated rings. The summed E-state index contributed by atoms with van der Waals surface area (Å²) in [5.74, 6) is -1.47. The highest BCUT2D eigenvalue weighted by Crippen LogP contribution is 2.21. The van der Waals surface area contributed by atoms with Crippen molar-refractivity contribution >= 4 is 10.1 Å². The predicted molar refractivity (Wildman–Crippen MR) is 117 cm³/mol. The van der Waals surface area contributed by atoms with Crippen LogP contribution in [-0.2, 0) is 29.0 Å². The smallest absolute Gasteiger partial charge is 0.269 e. The Bertz CT molecular complexity index is 1230. The van der Waals surface area contributed by atoms with Gasteiger partial charge in [0.05, 0.1) is 0 Å². The molecule has 7 N–H and O–H groups in total. The normalized spacial score (nSPS) is 10.9. The lowest BCUT2D eigenvalue weighted by Gasteiger charge is -2.13. The summed E-state index contributed by atoms with van der Waals surface area (Å²) < 4.78 is 32.6. The lowest BCUT2D eigenvalue weighted by atomic mass is 10.1. The first-order valence-electron chi connectivity index (χ1n) is 9.49. The van der Waals surface area contributed by atoms with Gasteiger partial charge in [-0.1, -0.05) is 0 Å². The standard InChI is InChI=1S/C10H16N2O5S.C9H11N3O2/c1-7-5-9(13)12(4-2-3-11)10(14)8(7)6-18(15,16)17;1-6-4-8(13)12(3-2-10)9(14)7(6)5-11/h5,14H,2-4,6,11H2,1H3,(H,15,16,17);4,14H,2-3,10H2,1H3. The second kappa shape index (κ2) is 11.4. The van der Waals surface area contributed by atoms with Gasteiger partial charge >= 0.3 is 0 Å². The Balaban J connectivity index is 0.000000330. The molecule has 0 aliphatic rings. The fourth-order valence-corrected chi connectivity index (χ4v) is 3.58. The van der Waals surface area contributed by atoms with Gasteiger partial charge in [0.15, 0.2) is 5.88 Å². The van der Waals surface area contributed by atoms with Crippen molar-refractivity contribution in [2.24, 2.45) is 11.5 Å². The predicted octanol–water partition coefficient (Wildman–Crippen LogP) is -0.708. The molecule has 0 aromatic carbocycles. The molecule has 0 unspecified atom stereocenters. The van der Waals surface area contributed by atoms with Crippen LogP contribution in [0.1, 0.15) is 28.7 Å². The summed E-state index contributed by atoms with van der Waals surface area (Å²) in [5, 5.41) is 28.2. The quantitative estimate of drug-likeness (QED) is 0.321. The van der Waals surface area contributed by atoms with Gasteiger partial charge in [-0.25, -0.2) is 0 Å². The highest BCUT2D eigenvalue weighted by Gasteiger charge is 2.17. The monoisotopic (exact) mass is 469 g/mol. The lowest BCUT2D eigenvalue weighted by Crippen LogP contribution is -2.24. The van der Waals surface area contributed by atoms with Crippen molar-refractivity contribution in [1.82, 2.24) is 9.13 Å². The van der Waals surface area contributed by atoms with E-state index in [2.05, 4.69) is 0 Å². The van der Waals surface area contributed by atoms with Crippen molar-refractivity contribution in [2.45, 2.75) is 39.1 Å². The zero-order chi connectivity index (χ0) is 24.6. The fourth-order valence-electron chi connectivity index (χ4n) is 2.85. The van der Waals surface area contributed by atoms with E-state index in [0.29, 0.717) is 24.1 Å². The van der Waals surface area contributed by atoms with Crippen LogP contribution >= 0.6 is 0 Å². The second-order valence-electron chi connectivity index (χ2n) is 6.90. The molecule has 12 nitrogen and oxygen atoms in total. The molecule has 0 radical (unpaired) electrons. The summed E-state index contributed by atoms with van der Waals surface area (Å²) in [6.07, 6.45) is 0.474. The minimum Gasteiger partial charge on any atom is -0.494 e. The van der Waals surface area contributed by atoms with Crippen molar-refractivity contribution < 1.29 is 23.2 Å². The molecule has 13 heteroatoms. The van der Waals surface area contributed by atoms with Crippen molar-refractivity contribution in [3.8, 4) is 17.8 Å². The SMILES string of the molecule is Cc1cc(=O)n(CCCN)c(O)c1CS(=O)(=O)O.Cc1cc(=O)n(CCN)c(O)c1C#N. The Labute approximate surface area is 184 Å². The molecule has 0 saturated carbocycles. The molecule has 0 spiro atoms. The average molecular weight is 470 g/mol. The van der Waals surface area contributed by atoms with Gasteiger partial charge in [0, 0.05) is 37.3 Å². The molecule has 176 valence electrons. The average Bonchev–Trinajstić information content (AvgIpc) is 2.68. The maximum absolute atomic E-state index is 11.6. The number of hydrogen-bond acceptors (Lipinski definition) is 9. The van der Waals surface area contributed by atoms with E-state index < -0.39 is 27.3 Å². The van der Waals surface area contributed by atoms with E-state index in [1.165, 1.54) is 19.1 Å². The van der Waals surface area contributed by atoms with Crippen LogP contribution in [0.4, 0.5) is 0 Å². The molecule has 2 aromatic rings. The van der Waals surface area contributed by atoms with Crippen LogP contribution in [0.25, 0.3) is 0 Å². The van der Waals surface area contributed by atoms with Crippen LogP contribution in [0.2, 0.25) is 0 Å². The number of rotatable bonds is 7. The van der Waals surface area contributed by atoms with Crippen molar-refractivity contribution in [3.05, 3.63) is 55.1 Å². The largest absolute Gasteiger partial charge is 0.494 e. The summed E-state index contributed by atoms with van der Waals surface area (Å²) in [7, 11) is -4.27. The van der Waals surface area contributed by atoms with Crippen molar-refractivity contribution in [3.63, 3.8) is 0 Å². The van der Waals surface area contributed by atoms with Crippen molar-refractivity contribution in [1.29, 1.82) is 5.26 Å². The third-order valence-electron chi connectivity index (χ3n) is 4.46. The summed E-state index contributed by atoms with van der Waals surface area (Å²) in [4.78, 5) is 23.0. The van der Waals surface area contributed by atoms with E-state index >= 15 is 0 Å². The first-order valence-corrected chi connectivity index (χ1v) is 11.1. The molecule has 2 aromatic heterocycles. The number of nitriles is 1. The van der Waals surface area contributed by atoms with E-state index in [4.69, 9.17) is 21.3 Å². The van der Waals surface area contributed by atoms with Crippen molar-refractivity contribution in [2.75, 3.05) is 13.1 Å². The molecule has 0 aliphatic carbocycles. The molecule has 0 aliphatic heterocycles. The van der Waals surface area contributed by atoms with Crippen LogP contribution in [-0.4, -0.2) is 45.4 Å². The van der Waals surface area contributed by atoms with Gasteiger partial charge in [0.1, 0.15) is 17.4 Å². The Kier molecular flexibility index (Phi) is 9.60. The number of pyridine rings is 2. The zero-order valence-corrected chi connectivity index (χ0v) is 18.6. The van der Waals surface area contributed by atoms with Gasteiger partial charge in [0.25, 0.3) is 21.2 Å². The zero-order valence-electron chi connectivity index (χ0n) is 17.8. The lowest BCUT2D eigenvalue weighted by molar-refractivity contribution is 0.395. The van der Waals surface area contributed by atoms with E-state index in [-0.39, 0.29) is 42.2 Å². The molecule has 0 bridgehead atoms. The Morgan fingerprint density at radius 2 is 1.50 bits per heavy atom. The fraction of sp³-hybridized carbons (Fsp3) is 0.421. The van der Waals surface area contributed by atoms with E-state index in [0.717, 1.165) is 9.13 Å². The number of aromatic nitrogens is 2. The molecule has 32 heavy (non-hydrogen) atoms. The molecule has 0 atom stereocenters. The van der Waals surface area contributed by atoms with Gasteiger partial charge in [-0.05, 0) is 37.9 Å². The second-order valence-corrected chi connectivity index (χ2v) is 8.36. The highest BCUT2D eigenvalue weighted by atomic mass is 32.2. The maximum atomic E-state index is 11.6. The molecule has 2 rings (SSSR count). The summed E-state index contributed by atoms with van der Waals surface area (Å²) in [5.41, 5.74) is 10.8. The summed E-state index contributed by atoms with van der Waals surface area (Å²) in [6.45, 7) is 4.08. The minimum absolute atomic E-state index is 0.0223. The Morgan fingerprint density at radius 1 is 0.969 bits per heavy atom. The van der Waals surface area contributed by atoms with E-state index in [1.54, 1.807) is 6.92 Å². The van der Waals surface area contributed by atoms with Gasteiger partial charge in [-0.3, -0.25) is 23.3 Å². The van der Waals surface area contributed by atoms with E-state index in [1.807, 2.05) is 6.07 Å². The topological polar surface area (TPSA) is 215 Å².